The van der Waals surface area contributed by atoms with Gasteiger partial charge in [-0.15, -0.1) is 0 Å². The van der Waals surface area contributed by atoms with Crippen LogP contribution in [0, 0.1) is 17.8 Å². The summed E-state index contributed by atoms with van der Waals surface area (Å²) < 4.78 is 18.8. The molecule has 32 heavy (non-hydrogen) atoms. The Morgan fingerprint density at radius 2 is 2.06 bits per heavy atom. The number of nitrogens with one attached hydrogen (secondary N) is 1. The largest absolute Gasteiger partial charge is 0.483 e. The number of benzene rings is 1. The maximum atomic E-state index is 13.0. The molecule has 0 bridgehead atoms. The van der Waals surface area contributed by atoms with Crippen molar-refractivity contribution < 1.29 is 24.1 Å². The Morgan fingerprint density at radius 1 is 1.25 bits per heavy atom. The van der Waals surface area contributed by atoms with Crippen LogP contribution in [0.25, 0.3) is 0 Å². The minimum Gasteiger partial charge on any atom is -0.483 e. The number of amides is 1. The minimum absolute atomic E-state index is 0.102. The zero-order valence-electron chi connectivity index (χ0n) is 19.1. The molecule has 0 spiro atoms. The molecule has 0 aliphatic heterocycles. The van der Waals surface area contributed by atoms with Crippen LogP contribution in [-0.4, -0.2) is 47.1 Å². The predicted molar refractivity (Wildman–Crippen MR) is 121 cm³/mol. The number of carbonyl (C=O) groups excluding carboxylic acids is 1. The lowest BCUT2D eigenvalue weighted by Crippen LogP contribution is -2.32. The second-order valence-corrected chi connectivity index (χ2v) is 10.1. The molecular formula is C26H38FNO4. The molecule has 7 atom stereocenters. The smallest absolute Gasteiger partial charge is 0.258 e. The standard InChI is InChI=1S/C26H38FNO4/c1-2-3-4-7-18(29)9-10-19-20-11-16-6-5-8-25(21(16)12-17(20)13-24(19)30)32-15-26(31)28-23-14-22(23)27/h5-6,8,17-20,22-24,29-30H,2-4,7,9-15H2,1H3,(H,28,31)/t17-,18-,19+,20-,22-,23-,24+/m0/s1. The Balaban J connectivity index is 1.33. The van der Waals surface area contributed by atoms with Crippen LogP contribution in [0.4, 0.5) is 4.39 Å². The first kappa shape index (κ1) is 23.5. The first-order chi connectivity index (χ1) is 15.5. The third kappa shape index (κ3) is 5.63. The summed E-state index contributed by atoms with van der Waals surface area (Å²) in [5.74, 6) is 1.51. The molecule has 3 aliphatic carbocycles. The number of ether oxygens (including phenoxy) is 1. The van der Waals surface area contributed by atoms with Gasteiger partial charge in [-0.2, -0.15) is 0 Å². The van der Waals surface area contributed by atoms with E-state index < -0.39 is 6.17 Å². The van der Waals surface area contributed by atoms with E-state index in [9.17, 15) is 19.4 Å². The Kier molecular flexibility index (Phi) is 7.72. The van der Waals surface area contributed by atoms with Crippen LogP contribution >= 0.6 is 0 Å². The highest BCUT2D eigenvalue weighted by Crippen LogP contribution is 2.48. The molecule has 2 fully saturated rings. The number of hydrogen-bond acceptors (Lipinski definition) is 4. The normalized spacial score (nSPS) is 31.5. The summed E-state index contributed by atoms with van der Waals surface area (Å²) in [4.78, 5) is 12.0. The molecule has 1 amide bonds. The maximum absolute atomic E-state index is 13.0. The van der Waals surface area contributed by atoms with Crippen LogP contribution in [0.2, 0.25) is 0 Å². The average Bonchev–Trinajstić information content (AvgIpc) is 3.36. The fraction of sp³-hybridized carbons (Fsp3) is 0.731. The zero-order valence-corrected chi connectivity index (χ0v) is 19.1. The summed E-state index contributed by atoms with van der Waals surface area (Å²) in [5, 5.41) is 23.8. The first-order valence-corrected chi connectivity index (χ1v) is 12.5. The van der Waals surface area contributed by atoms with Gasteiger partial charge in [0.25, 0.3) is 5.91 Å². The van der Waals surface area contributed by atoms with Crippen molar-refractivity contribution in [1.82, 2.24) is 5.32 Å². The van der Waals surface area contributed by atoms with Crippen molar-refractivity contribution in [3.8, 4) is 5.75 Å². The van der Waals surface area contributed by atoms with E-state index >= 15 is 0 Å². The number of hydrogen-bond donors (Lipinski definition) is 3. The fourth-order valence-electron chi connectivity index (χ4n) is 5.80. The molecule has 0 saturated heterocycles. The Hall–Kier alpha value is -1.66. The van der Waals surface area contributed by atoms with Crippen LogP contribution < -0.4 is 10.1 Å². The molecule has 0 radical (unpaired) electrons. The predicted octanol–water partition coefficient (Wildman–Crippen LogP) is 3.73. The molecule has 1 aromatic carbocycles. The molecule has 5 nitrogen and oxygen atoms in total. The SMILES string of the molecule is CCCCC[C@H](O)CC[C@@H]1[C@H]2Cc3cccc(OCC(=O)N[C@H]4C[C@@H]4F)c3C[C@H]2C[C@H]1O. The van der Waals surface area contributed by atoms with Gasteiger partial charge in [0, 0.05) is 6.42 Å². The third-order valence-electron chi connectivity index (χ3n) is 7.74. The molecular weight excluding hydrogens is 409 g/mol. The van der Waals surface area contributed by atoms with Gasteiger partial charge in [0.1, 0.15) is 11.9 Å². The Bertz CT molecular complexity index is 787. The van der Waals surface area contributed by atoms with Crippen LogP contribution in [0.3, 0.4) is 0 Å². The van der Waals surface area contributed by atoms with E-state index in [-0.39, 0.29) is 36.7 Å². The van der Waals surface area contributed by atoms with E-state index in [0.717, 1.165) is 69.1 Å². The number of aliphatic hydroxyl groups is 2. The van der Waals surface area contributed by atoms with Gasteiger partial charge < -0.3 is 20.3 Å². The van der Waals surface area contributed by atoms with E-state index in [1.807, 2.05) is 12.1 Å². The van der Waals surface area contributed by atoms with Gasteiger partial charge in [-0.25, -0.2) is 4.39 Å². The molecule has 0 aromatic heterocycles. The lowest BCUT2D eigenvalue weighted by atomic mass is 9.73. The van der Waals surface area contributed by atoms with Gasteiger partial charge >= 0.3 is 0 Å². The monoisotopic (exact) mass is 447 g/mol. The van der Waals surface area contributed by atoms with E-state index in [2.05, 4.69) is 18.3 Å². The second kappa shape index (κ2) is 10.5. The van der Waals surface area contributed by atoms with E-state index in [1.54, 1.807) is 0 Å². The number of unbranched alkanes of at least 4 members (excludes halogenated alkanes) is 2. The van der Waals surface area contributed by atoms with Crippen molar-refractivity contribution in [3.05, 3.63) is 29.3 Å². The van der Waals surface area contributed by atoms with Crippen molar-refractivity contribution in [2.45, 2.75) is 95.6 Å². The Labute approximate surface area is 190 Å². The van der Waals surface area contributed by atoms with Crippen LogP contribution in [-0.2, 0) is 17.6 Å². The topological polar surface area (TPSA) is 78.8 Å². The highest BCUT2D eigenvalue weighted by molar-refractivity contribution is 5.78. The lowest BCUT2D eigenvalue weighted by molar-refractivity contribution is -0.123. The van der Waals surface area contributed by atoms with Gasteiger partial charge in [0.2, 0.25) is 0 Å². The second-order valence-electron chi connectivity index (χ2n) is 10.1. The summed E-state index contributed by atoms with van der Waals surface area (Å²) >= 11 is 0. The number of carbonyl (C=O) groups is 1. The first-order valence-electron chi connectivity index (χ1n) is 12.5. The van der Waals surface area contributed by atoms with Crippen LogP contribution in [0.5, 0.6) is 5.75 Å². The molecule has 2 saturated carbocycles. The average molecular weight is 448 g/mol. The van der Waals surface area contributed by atoms with Crippen molar-refractivity contribution in [2.75, 3.05) is 6.61 Å². The van der Waals surface area contributed by atoms with Gasteiger partial charge in [-0.05, 0) is 73.5 Å². The van der Waals surface area contributed by atoms with Crippen LogP contribution in [0.15, 0.2) is 18.2 Å². The molecule has 1 aromatic rings. The van der Waals surface area contributed by atoms with Crippen LogP contribution in [0.1, 0.15) is 69.4 Å². The Morgan fingerprint density at radius 3 is 2.81 bits per heavy atom. The highest BCUT2D eigenvalue weighted by atomic mass is 19.1. The molecule has 0 heterocycles. The van der Waals surface area contributed by atoms with Crippen molar-refractivity contribution >= 4 is 5.91 Å². The summed E-state index contributed by atoms with van der Waals surface area (Å²) in [6, 6.07) is 5.64. The van der Waals surface area contributed by atoms with Gasteiger partial charge in [0.05, 0.1) is 18.2 Å². The molecule has 6 heteroatoms. The number of fused-ring (bicyclic) bond motifs is 2. The molecule has 3 N–H and O–H groups in total. The van der Waals surface area contributed by atoms with Gasteiger partial charge in [-0.1, -0.05) is 38.3 Å². The molecule has 4 rings (SSSR count). The number of aliphatic hydroxyl groups excluding tert-OH is 2. The third-order valence-corrected chi connectivity index (χ3v) is 7.74. The van der Waals surface area contributed by atoms with E-state index in [4.69, 9.17) is 4.74 Å². The summed E-state index contributed by atoms with van der Waals surface area (Å²) in [7, 11) is 0. The number of alkyl halides is 1. The highest BCUT2D eigenvalue weighted by Gasteiger charge is 2.45. The summed E-state index contributed by atoms with van der Waals surface area (Å²) in [6.45, 7) is 2.07. The minimum atomic E-state index is -0.917. The number of halogens is 1. The van der Waals surface area contributed by atoms with E-state index in [1.165, 1.54) is 5.56 Å². The maximum Gasteiger partial charge on any atom is 0.258 e. The van der Waals surface area contributed by atoms with Crippen molar-refractivity contribution in [3.63, 3.8) is 0 Å². The summed E-state index contributed by atoms with van der Waals surface area (Å²) in [5.41, 5.74) is 2.38. The fourth-order valence-corrected chi connectivity index (χ4v) is 5.80. The van der Waals surface area contributed by atoms with Crippen molar-refractivity contribution in [2.24, 2.45) is 17.8 Å². The molecule has 178 valence electrons. The summed E-state index contributed by atoms with van der Waals surface area (Å²) in [6.07, 6.45) is 7.32. The zero-order chi connectivity index (χ0) is 22.7. The van der Waals surface area contributed by atoms with Crippen molar-refractivity contribution in [1.29, 1.82) is 0 Å². The molecule has 3 aliphatic rings. The van der Waals surface area contributed by atoms with E-state index in [0.29, 0.717) is 18.3 Å². The lowest BCUT2D eigenvalue weighted by Gasteiger charge is -2.32. The molecule has 0 unspecified atom stereocenters. The quantitative estimate of drug-likeness (QED) is 0.452. The van der Waals surface area contributed by atoms with Gasteiger partial charge in [-0.3, -0.25) is 4.79 Å². The van der Waals surface area contributed by atoms with Gasteiger partial charge in [0.15, 0.2) is 6.61 Å². The number of rotatable bonds is 11.